The van der Waals surface area contributed by atoms with Crippen LogP contribution in [0, 0.1) is 0 Å². The first-order valence-electron chi connectivity index (χ1n) is 6.95. The maximum Gasteiger partial charge on any atom is 0.265 e. The van der Waals surface area contributed by atoms with Gasteiger partial charge in [0.25, 0.3) is 10.0 Å². The van der Waals surface area contributed by atoms with Gasteiger partial charge in [-0.05, 0) is 46.3 Å². The van der Waals surface area contributed by atoms with Crippen molar-refractivity contribution in [2.24, 2.45) is 0 Å². The zero-order valence-corrected chi connectivity index (χ0v) is 15.9. The highest BCUT2D eigenvalue weighted by Crippen LogP contribution is 2.37. The van der Waals surface area contributed by atoms with Gasteiger partial charge in [0.15, 0.2) is 9.84 Å². The van der Waals surface area contributed by atoms with Gasteiger partial charge in [-0.25, -0.2) is 16.8 Å². The summed E-state index contributed by atoms with van der Waals surface area (Å²) >= 11 is 3.21. The van der Waals surface area contributed by atoms with Gasteiger partial charge in [0.2, 0.25) is 0 Å². The van der Waals surface area contributed by atoms with Crippen LogP contribution in [-0.2, 0) is 19.9 Å². The Bertz CT molecular complexity index is 1000. The summed E-state index contributed by atoms with van der Waals surface area (Å²) in [7, 11) is -7.47. The molecule has 1 aliphatic heterocycles. The Morgan fingerprint density at radius 3 is 2.50 bits per heavy atom. The molecule has 2 aromatic rings. The summed E-state index contributed by atoms with van der Waals surface area (Å²) in [4.78, 5) is -0.145. The molecule has 0 saturated heterocycles. The molecule has 1 heterocycles. The average Bonchev–Trinajstić information content (AvgIpc) is 2.53. The highest BCUT2D eigenvalue weighted by atomic mass is 79.9. The molecule has 6 nitrogen and oxygen atoms in total. The normalized spacial score (nSPS) is 14.8. The minimum absolute atomic E-state index is 0.0502. The van der Waals surface area contributed by atoms with Crippen molar-refractivity contribution >= 4 is 41.5 Å². The molecule has 0 radical (unpaired) electrons. The molecule has 0 atom stereocenters. The van der Waals surface area contributed by atoms with E-state index in [9.17, 15) is 16.8 Å². The molecule has 0 aliphatic carbocycles. The average molecular weight is 432 g/mol. The fourth-order valence-electron chi connectivity index (χ4n) is 2.42. The lowest BCUT2D eigenvalue weighted by Crippen LogP contribution is -2.38. The number of ether oxygens (including phenoxy) is 1. The molecular formula is C15H14BrNO5S2. The van der Waals surface area contributed by atoms with Crippen LogP contribution in [0.3, 0.4) is 0 Å². The number of anilines is 1. The lowest BCUT2D eigenvalue weighted by atomic mass is 10.2. The van der Waals surface area contributed by atoms with Crippen molar-refractivity contribution in [2.45, 2.75) is 9.79 Å². The van der Waals surface area contributed by atoms with E-state index < -0.39 is 19.9 Å². The van der Waals surface area contributed by atoms with Gasteiger partial charge in [0.1, 0.15) is 17.3 Å². The van der Waals surface area contributed by atoms with Crippen molar-refractivity contribution < 1.29 is 21.6 Å². The smallest absolute Gasteiger partial charge is 0.265 e. The first-order valence-corrected chi connectivity index (χ1v) is 11.1. The third-order valence-electron chi connectivity index (χ3n) is 3.58. The van der Waals surface area contributed by atoms with E-state index in [2.05, 4.69) is 15.9 Å². The molecule has 0 fully saturated rings. The third-order valence-corrected chi connectivity index (χ3v) is 7.50. The number of fused-ring (bicyclic) bond motifs is 1. The fraction of sp³-hybridized carbons (Fsp3) is 0.200. The number of hydrogen-bond donors (Lipinski definition) is 0. The zero-order chi connectivity index (χ0) is 17.5. The number of hydrogen-bond acceptors (Lipinski definition) is 5. The van der Waals surface area contributed by atoms with Gasteiger partial charge >= 0.3 is 0 Å². The maximum atomic E-state index is 13.1. The molecule has 0 N–H and O–H groups in total. The standard InChI is InChI=1S/C15H14BrNO5S2/c1-23(18,19)11-6-7-12(16)15(10-11)24(20,21)17-8-9-22-14-5-3-2-4-13(14)17/h2-7,10H,8-9H2,1H3. The summed E-state index contributed by atoms with van der Waals surface area (Å²) in [5, 5.41) is 0. The molecular weight excluding hydrogens is 418 g/mol. The summed E-state index contributed by atoms with van der Waals surface area (Å²) < 4.78 is 56.7. The van der Waals surface area contributed by atoms with Crippen LogP contribution in [-0.4, -0.2) is 36.2 Å². The van der Waals surface area contributed by atoms with Crippen LogP contribution in [0.15, 0.2) is 56.7 Å². The third kappa shape index (κ3) is 3.03. The second-order valence-electron chi connectivity index (χ2n) is 5.26. The minimum Gasteiger partial charge on any atom is -0.489 e. The van der Waals surface area contributed by atoms with Crippen molar-refractivity contribution in [3.8, 4) is 5.75 Å². The van der Waals surface area contributed by atoms with E-state index in [1.807, 2.05) is 0 Å². The van der Waals surface area contributed by atoms with Gasteiger partial charge in [-0.1, -0.05) is 12.1 Å². The van der Waals surface area contributed by atoms with E-state index in [4.69, 9.17) is 4.74 Å². The van der Waals surface area contributed by atoms with E-state index >= 15 is 0 Å². The number of benzene rings is 2. The Labute approximate surface area is 149 Å². The van der Waals surface area contributed by atoms with E-state index in [1.54, 1.807) is 24.3 Å². The minimum atomic E-state index is -3.95. The van der Waals surface area contributed by atoms with Crippen LogP contribution >= 0.6 is 15.9 Å². The number of nitrogens with zero attached hydrogens (tertiary/aromatic N) is 1. The van der Waals surface area contributed by atoms with Crippen LogP contribution in [0.25, 0.3) is 0 Å². The van der Waals surface area contributed by atoms with E-state index in [0.29, 0.717) is 15.9 Å². The van der Waals surface area contributed by atoms with Gasteiger partial charge in [-0.3, -0.25) is 4.31 Å². The molecule has 3 rings (SSSR count). The maximum absolute atomic E-state index is 13.1. The Morgan fingerprint density at radius 1 is 1.08 bits per heavy atom. The van der Waals surface area contributed by atoms with Crippen LogP contribution in [0.2, 0.25) is 0 Å². The Balaban J connectivity index is 2.17. The molecule has 1 aliphatic rings. The summed E-state index contributed by atoms with van der Waals surface area (Å²) in [6.45, 7) is 0.370. The van der Waals surface area contributed by atoms with E-state index in [-0.39, 0.29) is 22.9 Å². The summed E-state index contributed by atoms with van der Waals surface area (Å²) in [6, 6.07) is 10.8. The van der Waals surface area contributed by atoms with Crippen molar-refractivity contribution in [1.82, 2.24) is 0 Å². The Morgan fingerprint density at radius 2 is 1.79 bits per heavy atom. The molecule has 9 heteroatoms. The molecule has 0 spiro atoms. The van der Waals surface area contributed by atoms with Crippen LogP contribution in [0.5, 0.6) is 5.75 Å². The monoisotopic (exact) mass is 431 g/mol. The topological polar surface area (TPSA) is 80.8 Å². The molecule has 128 valence electrons. The van der Waals surface area contributed by atoms with Gasteiger partial charge in [-0.2, -0.15) is 0 Å². The van der Waals surface area contributed by atoms with Crippen molar-refractivity contribution in [3.05, 3.63) is 46.9 Å². The van der Waals surface area contributed by atoms with Gasteiger partial charge in [0, 0.05) is 10.7 Å². The van der Waals surface area contributed by atoms with Crippen LogP contribution in [0.1, 0.15) is 0 Å². The van der Waals surface area contributed by atoms with E-state index in [0.717, 1.165) is 6.26 Å². The number of sulfonamides is 1. The molecule has 0 aromatic heterocycles. The second-order valence-corrected chi connectivity index (χ2v) is 9.96. The number of para-hydroxylation sites is 2. The molecule has 24 heavy (non-hydrogen) atoms. The highest BCUT2D eigenvalue weighted by molar-refractivity contribution is 9.10. The predicted molar refractivity (Wildman–Crippen MR) is 93.7 cm³/mol. The highest BCUT2D eigenvalue weighted by Gasteiger charge is 2.32. The Hall–Kier alpha value is -1.58. The first-order chi connectivity index (χ1) is 11.2. The fourth-order valence-corrected chi connectivity index (χ4v) is 5.56. The van der Waals surface area contributed by atoms with Crippen LogP contribution < -0.4 is 9.04 Å². The lowest BCUT2D eigenvalue weighted by molar-refractivity contribution is 0.316. The van der Waals surface area contributed by atoms with E-state index in [1.165, 1.54) is 22.5 Å². The largest absolute Gasteiger partial charge is 0.489 e. The molecule has 0 saturated carbocycles. The molecule has 0 unspecified atom stereocenters. The zero-order valence-electron chi connectivity index (χ0n) is 12.6. The summed E-state index contributed by atoms with van der Waals surface area (Å²) in [6.07, 6.45) is 1.04. The number of rotatable bonds is 3. The summed E-state index contributed by atoms with van der Waals surface area (Å²) in [5.41, 5.74) is 0.431. The quantitative estimate of drug-likeness (QED) is 0.745. The van der Waals surface area contributed by atoms with Crippen molar-refractivity contribution in [3.63, 3.8) is 0 Å². The number of halogens is 1. The van der Waals surface area contributed by atoms with Gasteiger partial charge in [0.05, 0.1) is 17.1 Å². The predicted octanol–water partition coefficient (Wildman–Crippen LogP) is 2.44. The number of sulfone groups is 1. The molecule has 0 amide bonds. The van der Waals surface area contributed by atoms with Gasteiger partial charge in [-0.15, -0.1) is 0 Å². The van der Waals surface area contributed by atoms with Crippen molar-refractivity contribution in [1.29, 1.82) is 0 Å². The second kappa shape index (κ2) is 6.05. The van der Waals surface area contributed by atoms with Crippen molar-refractivity contribution in [2.75, 3.05) is 23.7 Å². The first kappa shape index (κ1) is 17.2. The SMILES string of the molecule is CS(=O)(=O)c1ccc(Br)c(S(=O)(=O)N2CCOc3ccccc32)c1. The molecule has 2 aromatic carbocycles. The van der Waals surface area contributed by atoms with Crippen LogP contribution in [0.4, 0.5) is 5.69 Å². The Kier molecular flexibility index (Phi) is 4.35. The lowest BCUT2D eigenvalue weighted by Gasteiger charge is -2.30. The molecule has 0 bridgehead atoms. The van der Waals surface area contributed by atoms with Gasteiger partial charge < -0.3 is 4.74 Å². The summed E-state index contributed by atoms with van der Waals surface area (Å²) in [5.74, 6) is 0.475.